The summed E-state index contributed by atoms with van der Waals surface area (Å²) < 4.78 is 25.8. The normalized spacial score (nSPS) is 22.1. The quantitative estimate of drug-likeness (QED) is 0.813. The number of nitrogens with zero attached hydrogens (tertiary/aromatic N) is 3. The van der Waals surface area contributed by atoms with E-state index in [1.54, 1.807) is 12.4 Å². The van der Waals surface area contributed by atoms with Crippen LogP contribution in [-0.4, -0.2) is 40.3 Å². The van der Waals surface area contributed by atoms with E-state index in [2.05, 4.69) is 14.5 Å². The maximum atomic E-state index is 11.9. The molecule has 5 nitrogen and oxygen atoms in total. The largest absolute Gasteiger partial charge is 0.324 e. The zero-order chi connectivity index (χ0) is 14.2. The van der Waals surface area contributed by atoms with Crippen LogP contribution in [0.15, 0.2) is 18.5 Å². The van der Waals surface area contributed by atoms with E-state index in [-0.39, 0.29) is 11.8 Å². The Hall–Kier alpha value is -1.14. The van der Waals surface area contributed by atoms with Gasteiger partial charge in [0.1, 0.15) is 11.3 Å². The minimum Gasteiger partial charge on any atom is -0.324 e. The van der Waals surface area contributed by atoms with Gasteiger partial charge in [-0.05, 0) is 18.9 Å². The molecule has 1 unspecified atom stereocenters. The Balaban J connectivity index is 2.10. The average Bonchev–Trinajstić information content (AvgIpc) is 2.76. The monoisotopic (exact) mass is 313 g/mol. The van der Waals surface area contributed by atoms with Gasteiger partial charge in [0.2, 0.25) is 0 Å². The summed E-state index contributed by atoms with van der Waals surface area (Å²) in [5.74, 6) is 1.81. The molecule has 0 saturated carbocycles. The van der Waals surface area contributed by atoms with Crippen molar-refractivity contribution >= 4 is 32.5 Å². The number of hydrogen-bond acceptors (Lipinski definition) is 4. The van der Waals surface area contributed by atoms with Gasteiger partial charge in [0.15, 0.2) is 9.84 Å². The second kappa shape index (κ2) is 5.33. The standard InChI is InChI=1S/C13H16ClN3O2S/c14-5-3-13-16-11-8-15-6-4-12(11)17(13)10-2-1-7-20(18,19)9-10/h4,6,8,10H,1-3,5,7,9H2. The number of pyridine rings is 1. The highest BCUT2D eigenvalue weighted by molar-refractivity contribution is 7.91. The second-order valence-corrected chi connectivity index (χ2v) is 7.72. The van der Waals surface area contributed by atoms with E-state index in [0.29, 0.717) is 24.5 Å². The molecule has 2 aromatic heterocycles. The van der Waals surface area contributed by atoms with Crippen LogP contribution in [0.3, 0.4) is 0 Å². The van der Waals surface area contributed by atoms with Gasteiger partial charge in [0, 0.05) is 24.5 Å². The highest BCUT2D eigenvalue weighted by Gasteiger charge is 2.28. The summed E-state index contributed by atoms with van der Waals surface area (Å²) in [6.45, 7) is 0. The van der Waals surface area contributed by atoms with E-state index >= 15 is 0 Å². The third-order valence-electron chi connectivity index (χ3n) is 3.69. The van der Waals surface area contributed by atoms with Gasteiger partial charge in [-0.2, -0.15) is 0 Å². The summed E-state index contributed by atoms with van der Waals surface area (Å²) in [6.07, 6.45) is 5.62. The molecule has 1 aliphatic rings. The fraction of sp³-hybridized carbons (Fsp3) is 0.538. The summed E-state index contributed by atoms with van der Waals surface area (Å²) >= 11 is 5.84. The van der Waals surface area contributed by atoms with E-state index in [1.165, 1.54) is 0 Å². The molecule has 0 radical (unpaired) electrons. The zero-order valence-corrected chi connectivity index (χ0v) is 12.6. The second-order valence-electron chi connectivity index (χ2n) is 5.11. The van der Waals surface area contributed by atoms with Gasteiger partial charge in [-0.15, -0.1) is 11.6 Å². The first-order chi connectivity index (χ1) is 9.61. The predicted molar refractivity (Wildman–Crippen MR) is 78.9 cm³/mol. The van der Waals surface area contributed by atoms with Crippen molar-refractivity contribution in [3.05, 3.63) is 24.3 Å². The van der Waals surface area contributed by atoms with Gasteiger partial charge >= 0.3 is 0 Å². The first-order valence-corrected chi connectivity index (χ1v) is 9.03. The number of alkyl halides is 1. The molecule has 1 saturated heterocycles. The Labute approximate surface area is 122 Å². The van der Waals surface area contributed by atoms with Crippen LogP contribution in [0, 0.1) is 0 Å². The molecule has 2 aromatic rings. The minimum atomic E-state index is -2.96. The predicted octanol–water partition coefficient (Wildman–Crippen LogP) is 1.96. The molecule has 0 spiro atoms. The van der Waals surface area contributed by atoms with E-state index in [1.807, 2.05) is 6.07 Å². The summed E-state index contributed by atoms with van der Waals surface area (Å²) in [5.41, 5.74) is 1.75. The van der Waals surface area contributed by atoms with Crippen LogP contribution < -0.4 is 0 Å². The van der Waals surface area contributed by atoms with E-state index in [9.17, 15) is 8.42 Å². The van der Waals surface area contributed by atoms with Crippen molar-refractivity contribution in [2.24, 2.45) is 0 Å². The SMILES string of the molecule is O=S1(=O)CCCC(n2c(CCCl)nc3cnccc32)C1. The number of aromatic nitrogens is 3. The summed E-state index contributed by atoms with van der Waals surface area (Å²) in [7, 11) is -2.96. The van der Waals surface area contributed by atoms with E-state index in [4.69, 9.17) is 11.6 Å². The average molecular weight is 314 g/mol. The van der Waals surface area contributed by atoms with Crippen LogP contribution in [0.25, 0.3) is 11.0 Å². The number of hydrogen-bond donors (Lipinski definition) is 0. The highest BCUT2D eigenvalue weighted by atomic mass is 35.5. The number of imidazole rings is 1. The van der Waals surface area contributed by atoms with Crippen LogP contribution in [0.4, 0.5) is 0 Å². The molecular weight excluding hydrogens is 298 g/mol. The molecule has 108 valence electrons. The smallest absolute Gasteiger partial charge is 0.152 e. The van der Waals surface area contributed by atoms with Gasteiger partial charge in [-0.3, -0.25) is 4.98 Å². The molecule has 0 aliphatic carbocycles. The van der Waals surface area contributed by atoms with Crippen molar-refractivity contribution in [2.45, 2.75) is 25.3 Å². The van der Waals surface area contributed by atoms with Crippen LogP contribution in [0.5, 0.6) is 0 Å². The molecule has 1 atom stereocenters. The molecular formula is C13H16ClN3O2S. The van der Waals surface area contributed by atoms with Crippen LogP contribution in [0.1, 0.15) is 24.7 Å². The van der Waals surface area contributed by atoms with Crippen molar-refractivity contribution in [3.63, 3.8) is 0 Å². The summed E-state index contributed by atoms with van der Waals surface area (Å²) in [5, 5.41) is 0. The molecule has 0 bridgehead atoms. The van der Waals surface area contributed by atoms with Crippen molar-refractivity contribution in [3.8, 4) is 0 Å². The van der Waals surface area contributed by atoms with Crippen LogP contribution in [0.2, 0.25) is 0 Å². The molecule has 7 heteroatoms. The number of halogens is 1. The van der Waals surface area contributed by atoms with Gasteiger partial charge in [-0.25, -0.2) is 13.4 Å². The Kier molecular flexibility index (Phi) is 3.69. The van der Waals surface area contributed by atoms with Gasteiger partial charge in [0.05, 0.1) is 23.2 Å². The van der Waals surface area contributed by atoms with Gasteiger partial charge in [0.25, 0.3) is 0 Å². The number of fused-ring (bicyclic) bond motifs is 1. The van der Waals surface area contributed by atoms with Crippen molar-refractivity contribution in [1.29, 1.82) is 0 Å². The van der Waals surface area contributed by atoms with Gasteiger partial charge in [-0.1, -0.05) is 0 Å². The molecule has 3 rings (SSSR count). The van der Waals surface area contributed by atoms with E-state index < -0.39 is 9.84 Å². The topological polar surface area (TPSA) is 64.8 Å². The van der Waals surface area contributed by atoms with Crippen LogP contribution >= 0.6 is 11.6 Å². The Morgan fingerprint density at radius 2 is 2.30 bits per heavy atom. The Morgan fingerprint density at radius 1 is 1.45 bits per heavy atom. The first kappa shape index (κ1) is 13.8. The lowest BCUT2D eigenvalue weighted by Gasteiger charge is -2.25. The molecule has 0 amide bonds. The van der Waals surface area contributed by atoms with E-state index in [0.717, 1.165) is 23.3 Å². The first-order valence-electron chi connectivity index (χ1n) is 6.68. The molecule has 3 heterocycles. The maximum absolute atomic E-state index is 11.9. The number of aryl methyl sites for hydroxylation is 1. The molecule has 20 heavy (non-hydrogen) atoms. The fourth-order valence-electron chi connectivity index (χ4n) is 2.87. The lowest BCUT2D eigenvalue weighted by atomic mass is 10.1. The Bertz CT molecular complexity index is 726. The van der Waals surface area contributed by atoms with Gasteiger partial charge < -0.3 is 4.57 Å². The lowest BCUT2D eigenvalue weighted by molar-refractivity contribution is 0.468. The third-order valence-corrected chi connectivity index (χ3v) is 5.68. The zero-order valence-electron chi connectivity index (χ0n) is 11.0. The van der Waals surface area contributed by atoms with Crippen LogP contribution in [-0.2, 0) is 16.3 Å². The molecule has 1 fully saturated rings. The maximum Gasteiger partial charge on any atom is 0.152 e. The molecule has 0 N–H and O–H groups in total. The number of rotatable bonds is 3. The molecule has 0 aromatic carbocycles. The van der Waals surface area contributed by atoms with Crippen molar-refractivity contribution in [2.75, 3.05) is 17.4 Å². The number of sulfone groups is 1. The summed E-state index contributed by atoms with van der Waals surface area (Å²) in [6, 6.07) is 1.85. The minimum absolute atomic E-state index is 0.0423. The van der Waals surface area contributed by atoms with Crippen molar-refractivity contribution < 1.29 is 8.42 Å². The van der Waals surface area contributed by atoms with Crippen molar-refractivity contribution in [1.82, 2.24) is 14.5 Å². The lowest BCUT2D eigenvalue weighted by Crippen LogP contribution is -2.28. The Morgan fingerprint density at radius 3 is 3.05 bits per heavy atom. The fourth-order valence-corrected chi connectivity index (χ4v) is 4.72. The summed E-state index contributed by atoms with van der Waals surface area (Å²) in [4.78, 5) is 8.62. The third kappa shape index (κ3) is 2.54. The highest BCUT2D eigenvalue weighted by Crippen LogP contribution is 2.29. The molecule has 1 aliphatic heterocycles.